The third-order valence-corrected chi connectivity index (χ3v) is 3.56. The maximum atomic E-state index is 12.1. The van der Waals surface area contributed by atoms with Crippen LogP contribution in [0.3, 0.4) is 0 Å². The first-order chi connectivity index (χ1) is 11.1. The first kappa shape index (κ1) is 17.0. The fourth-order valence-corrected chi connectivity index (χ4v) is 2.05. The van der Waals surface area contributed by atoms with E-state index < -0.39 is 12.1 Å². The standard InChI is InChI=1S/C17H17BrN2O3/c1-2-15(22-14-6-4-3-5-7-14)17(21)23-20-16(19)12-8-10-13(18)11-9-12/h3-11,15H,2H2,1H3,(H2,19,20). The number of rotatable bonds is 6. The Morgan fingerprint density at radius 1 is 1.17 bits per heavy atom. The first-order valence-corrected chi connectivity index (χ1v) is 7.91. The van der Waals surface area contributed by atoms with Crippen molar-refractivity contribution < 1.29 is 14.4 Å². The molecule has 2 rings (SSSR count). The van der Waals surface area contributed by atoms with Gasteiger partial charge in [0, 0.05) is 10.0 Å². The van der Waals surface area contributed by atoms with Gasteiger partial charge in [0.1, 0.15) is 5.75 Å². The highest BCUT2D eigenvalue weighted by atomic mass is 79.9. The number of carbonyl (C=O) groups is 1. The van der Waals surface area contributed by atoms with E-state index in [1.165, 1.54) is 0 Å². The molecule has 2 aromatic carbocycles. The molecule has 0 saturated carbocycles. The molecule has 0 amide bonds. The molecular formula is C17H17BrN2O3. The normalized spacial score (nSPS) is 12.5. The molecule has 2 aromatic rings. The van der Waals surface area contributed by atoms with Gasteiger partial charge >= 0.3 is 5.97 Å². The number of hydrogen-bond acceptors (Lipinski definition) is 4. The van der Waals surface area contributed by atoms with Gasteiger partial charge in [0.2, 0.25) is 0 Å². The topological polar surface area (TPSA) is 73.9 Å². The van der Waals surface area contributed by atoms with Crippen LogP contribution >= 0.6 is 15.9 Å². The molecule has 0 aliphatic heterocycles. The van der Waals surface area contributed by atoms with Gasteiger partial charge in [-0.05, 0) is 30.7 Å². The number of halogens is 1. The smallest absolute Gasteiger partial charge is 0.375 e. The number of hydrogen-bond donors (Lipinski definition) is 1. The Morgan fingerprint density at radius 2 is 1.83 bits per heavy atom. The van der Waals surface area contributed by atoms with Crippen LogP contribution in [0.15, 0.2) is 64.2 Å². The van der Waals surface area contributed by atoms with E-state index in [1.807, 2.05) is 37.3 Å². The number of amidine groups is 1. The second kappa shape index (κ2) is 8.33. The van der Waals surface area contributed by atoms with Crippen molar-refractivity contribution in [1.82, 2.24) is 0 Å². The summed E-state index contributed by atoms with van der Waals surface area (Å²) in [5, 5.41) is 3.68. The third-order valence-electron chi connectivity index (χ3n) is 3.03. The maximum absolute atomic E-state index is 12.1. The van der Waals surface area contributed by atoms with Crippen LogP contribution in [-0.4, -0.2) is 17.9 Å². The fourth-order valence-electron chi connectivity index (χ4n) is 1.79. The molecule has 0 aliphatic rings. The van der Waals surface area contributed by atoms with Crippen molar-refractivity contribution in [1.29, 1.82) is 0 Å². The molecule has 0 aliphatic carbocycles. The number of para-hydroxylation sites is 1. The Morgan fingerprint density at radius 3 is 2.43 bits per heavy atom. The zero-order valence-electron chi connectivity index (χ0n) is 12.6. The molecule has 0 fully saturated rings. The highest BCUT2D eigenvalue weighted by molar-refractivity contribution is 9.10. The van der Waals surface area contributed by atoms with Gasteiger partial charge < -0.3 is 15.3 Å². The lowest BCUT2D eigenvalue weighted by Gasteiger charge is -2.14. The van der Waals surface area contributed by atoms with Crippen molar-refractivity contribution in [2.75, 3.05) is 0 Å². The quantitative estimate of drug-likeness (QED) is 0.362. The van der Waals surface area contributed by atoms with Crippen LogP contribution < -0.4 is 10.5 Å². The molecule has 120 valence electrons. The van der Waals surface area contributed by atoms with Gasteiger partial charge in [0.25, 0.3) is 0 Å². The number of oxime groups is 1. The molecule has 2 N–H and O–H groups in total. The molecule has 0 aromatic heterocycles. The lowest BCUT2D eigenvalue weighted by atomic mass is 10.2. The van der Waals surface area contributed by atoms with E-state index in [9.17, 15) is 4.79 Å². The maximum Gasteiger partial charge on any atom is 0.375 e. The van der Waals surface area contributed by atoms with Gasteiger partial charge in [0.05, 0.1) is 0 Å². The van der Waals surface area contributed by atoms with Crippen molar-refractivity contribution in [3.63, 3.8) is 0 Å². The van der Waals surface area contributed by atoms with Crippen molar-refractivity contribution >= 4 is 27.7 Å². The highest BCUT2D eigenvalue weighted by Crippen LogP contribution is 2.14. The Hall–Kier alpha value is -2.34. The van der Waals surface area contributed by atoms with E-state index >= 15 is 0 Å². The molecule has 1 unspecified atom stereocenters. The SMILES string of the molecule is CCC(Oc1ccccc1)C(=O)O/N=C(\N)c1ccc(Br)cc1. The Kier molecular flexibility index (Phi) is 6.17. The summed E-state index contributed by atoms with van der Waals surface area (Å²) in [5.41, 5.74) is 6.47. The van der Waals surface area contributed by atoms with Crippen LogP contribution in [-0.2, 0) is 9.63 Å². The van der Waals surface area contributed by atoms with Gasteiger partial charge in [-0.2, -0.15) is 0 Å². The molecule has 0 spiro atoms. The lowest BCUT2D eigenvalue weighted by Crippen LogP contribution is -2.28. The van der Waals surface area contributed by atoms with Crippen LogP contribution in [0.2, 0.25) is 0 Å². The Bertz CT molecular complexity index is 672. The van der Waals surface area contributed by atoms with E-state index in [1.54, 1.807) is 24.3 Å². The number of ether oxygens (including phenoxy) is 1. The van der Waals surface area contributed by atoms with E-state index in [4.69, 9.17) is 15.3 Å². The zero-order valence-corrected chi connectivity index (χ0v) is 14.2. The molecular weight excluding hydrogens is 360 g/mol. The summed E-state index contributed by atoms with van der Waals surface area (Å²) < 4.78 is 6.51. The van der Waals surface area contributed by atoms with Crippen molar-refractivity contribution in [3.8, 4) is 5.75 Å². The number of benzene rings is 2. The van der Waals surface area contributed by atoms with Gasteiger partial charge in [-0.25, -0.2) is 4.79 Å². The van der Waals surface area contributed by atoms with Gasteiger partial charge in [-0.1, -0.05) is 58.3 Å². The summed E-state index contributed by atoms with van der Waals surface area (Å²) >= 11 is 3.33. The minimum atomic E-state index is -0.737. The molecule has 1 atom stereocenters. The molecule has 0 saturated heterocycles. The summed E-state index contributed by atoms with van der Waals surface area (Å²) in [6, 6.07) is 16.3. The van der Waals surface area contributed by atoms with Crippen molar-refractivity contribution in [2.45, 2.75) is 19.4 Å². The predicted molar refractivity (Wildman–Crippen MR) is 92.1 cm³/mol. The van der Waals surface area contributed by atoms with Crippen LogP contribution in [0.5, 0.6) is 5.75 Å². The molecule has 0 bridgehead atoms. The zero-order chi connectivity index (χ0) is 16.7. The van der Waals surface area contributed by atoms with Crippen LogP contribution in [0.1, 0.15) is 18.9 Å². The second-order valence-electron chi connectivity index (χ2n) is 4.72. The summed E-state index contributed by atoms with van der Waals surface area (Å²) in [6.45, 7) is 1.83. The second-order valence-corrected chi connectivity index (χ2v) is 5.64. The first-order valence-electron chi connectivity index (χ1n) is 7.12. The Labute approximate surface area is 143 Å². The van der Waals surface area contributed by atoms with E-state index in [0.29, 0.717) is 17.7 Å². The Balaban J connectivity index is 1.98. The molecule has 0 heterocycles. The lowest BCUT2D eigenvalue weighted by molar-refractivity contribution is -0.152. The van der Waals surface area contributed by atoms with Gasteiger partial charge in [0.15, 0.2) is 11.9 Å². The van der Waals surface area contributed by atoms with Crippen molar-refractivity contribution in [2.24, 2.45) is 10.9 Å². The predicted octanol–water partition coefficient (Wildman–Crippen LogP) is 3.47. The number of nitrogens with zero attached hydrogens (tertiary/aromatic N) is 1. The van der Waals surface area contributed by atoms with E-state index in [2.05, 4.69) is 21.1 Å². The fraction of sp³-hybridized carbons (Fsp3) is 0.176. The van der Waals surface area contributed by atoms with Gasteiger partial charge in [-0.15, -0.1) is 0 Å². The largest absolute Gasteiger partial charge is 0.479 e. The third kappa shape index (κ3) is 5.10. The monoisotopic (exact) mass is 376 g/mol. The average Bonchev–Trinajstić information content (AvgIpc) is 2.58. The van der Waals surface area contributed by atoms with Crippen LogP contribution in [0.25, 0.3) is 0 Å². The van der Waals surface area contributed by atoms with Gasteiger partial charge in [-0.3, -0.25) is 0 Å². The average molecular weight is 377 g/mol. The highest BCUT2D eigenvalue weighted by Gasteiger charge is 2.20. The molecule has 23 heavy (non-hydrogen) atoms. The summed E-state index contributed by atoms with van der Waals surface area (Å²) in [7, 11) is 0. The van der Waals surface area contributed by atoms with E-state index in [0.717, 1.165) is 4.47 Å². The minimum Gasteiger partial charge on any atom is -0.479 e. The van der Waals surface area contributed by atoms with Crippen LogP contribution in [0.4, 0.5) is 0 Å². The number of nitrogens with two attached hydrogens (primary N) is 1. The summed E-state index contributed by atoms with van der Waals surface area (Å²) in [5.74, 6) is 0.137. The summed E-state index contributed by atoms with van der Waals surface area (Å²) in [6.07, 6.45) is -0.277. The van der Waals surface area contributed by atoms with Crippen molar-refractivity contribution in [3.05, 3.63) is 64.6 Å². The van der Waals surface area contributed by atoms with Crippen LogP contribution in [0, 0.1) is 0 Å². The number of carbonyl (C=O) groups excluding carboxylic acids is 1. The molecule has 0 radical (unpaired) electrons. The molecule has 6 heteroatoms. The molecule has 5 nitrogen and oxygen atoms in total. The minimum absolute atomic E-state index is 0.125. The van der Waals surface area contributed by atoms with E-state index in [-0.39, 0.29) is 5.84 Å². The summed E-state index contributed by atoms with van der Waals surface area (Å²) in [4.78, 5) is 17.0.